The molecular formula is C17H11Cl2N3O5. The second kappa shape index (κ2) is 6.98. The molecule has 27 heavy (non-hydrogen) atoms. The van der Waals surface area contributed by atoms with E-state index in [4.69, 9.17) is 23.2 Å². The van der Waals surface area contributed by atoms with Crippen molar-refractivity contribution >= 4 is 52.3 Å². The summed E-state index contributed by atoms with van der Waals surface area (Å²) in [5, 5.41) is 11.7. The van der Waals surface area contributed by atoms with Crippen LogP contribution in [0.5, 0.6) is 0 Å². The van der Waals surface area contributed by atoms with Gasteiger partial charge in [-0.25, -0.2) is 0 Å². The van der Waals surface area contributed by atoms with Gasteiger partial charge in [0.1, 0.15) is 12.2 Å². The number of amides is 3. The van der Waals surface area contributed by atoms with E-state index in [9.17, 15) is 24.5 Å². The number of nitro benzene ring substituents is 1. The number of carbonyl (C=O) groups excluding carboxylic acids is 3. The number of hydrogen-bond acceptors (Lipinski definition) is 5. The van der Waals surface area contributed by atoms with Crippen molar-refractivity contribution in [1.29, 1.82) is 0 Å². The third-order valence-electron chi connectivity index (χ3n) is 4.04. The first-order chi connectivity index (χ1) is 12.7. The summed E-state index contributed by atoms with van der Waals surface area (Å²) >= 11 is 12.1. The molecule has 3 rings (SSSR count). The van der Waals surface area contributed by atoms with Gasteiger partial charge in [0, 0.05) is 18.0 Å². The summed E-state index contributed by atoms with van der Waals surface area (Å²) in [7, 11) is 0. The molecule has 10 heteroatoms. The molecule has 0 unspecified atom stereocenters. The van der Waals surface area contributed by atoms with Gasteiger partial charge in [0.15, 0.2) is 0 Å². The lowest BCUT2D eigenvalue weighted by Crippen LogP contribution is -2.43. The topological polar surface area (TPSA) is 101 Å². The van der Waals surface area contributed by atoms with Crippen molar-refractivity contribution < 1.29 is 19.3 Å². The highest BCUT2D eigenvalue weighted by Gasteiger charge is 2.42. The third kappa shape index (κ3) is 3.24. The van der Waals surface area contributed by atoms with E-state index in [0.29, 0.717) is 5.02 Å². The van der Waals surface area contributed by atoms with Crippen molar-refractivity contribution in [3.8, 4) is 0 Å². The summed E-state index contributed by atoms with van der Waals surface area (Å²) in [6, 6.07) is 8.21. The Balaban J connectivity index is 2.02. The molecule has 0 aliphatic carbocycles. The molecule has 0 saturated heterocycles. The van der Waals surface area contributed by atoms with Crippen LogP contribution in [0.1, 0.15) is 27.6 Å². The van der Waals surface area contributed by atoms with E-state index >= 15 is 0 Å². The maximum Gasteiger partial charge on any atom is 0.282 e. The Bertz CT molecular complexity index is 1010. The molecule has 0 bridgehead atoms. The van der Waals surface area contributed by atoms with Crippen LogP contribution in [0.15, 0.2) is 36.4 Å². The van der Waals surface area contributed by atoms with Crippen molar-refractivity contribution in [2.24, 2.45) is 0 Å². The van der Waals surface area contributed by atoms with E-state index in [0.717, 1.165) is 15.9 Å². The number of fused-ring (bicyclic) bond motifs is 1. The first kappa shape index (κ1) is 18.8. The van der Waals surface area contributed by atoms with Crippen molar-refractivity contribution in [1.82, 2.24) is 4.90 Å². The Kier molecular flexibility index (Phi) is 4.86. The molecule has 3 amide bonds. The van der Waals surface area contributed by atoms with Gasteiger partial charge in [0.05, 0.1) is 21.2 Å². The molecular weight excluding hydrogens is 397 g/mol. The van der Waals surface area contributed by atoms with E-state index in [1.54, 1.807) is 0 Å². The number of anilines is 1. The first-order valence-corrected chi connectivity index (χ1v) is 8.34. The maximum absolute atomic E-state index is 12.7. The van der Waals surface area contributed by atoms with Gasteiger partial charge >= 0.3 is 0 Å². The quantitative estimate of drug-likeness (QED) is 0.438. The highest BCUT2D eigenvalue weighted by atomic mass is 35.5. The monoisotopic (exact) mass is 407 g/mol. The highest BCUT2D eigenvalue weighted by molar-refractivity contribution is 6.35. The SMILES string of the molecule is CC(=O)N(CN1C(=O)c2cccc([N+](=O)[O-])c2C1=O)c1cc(Cl)ccc1Cl. The van der Waals surface area contributed by atoms with Crippen LogP contribution in [0.4, 0.5) is 11.4 Å². The van der Waals surface area contributed by atoms with Crippen LogP contribution < -0.4 is 4.90 Å². The number of nitrogens with zero attached hydrogens (tertiary/aromatic N) is 3. The molecule has 0 aromatic heterocycles. The number of hydrogen-bond donors (Lipinski definition) is 0. The molecule has 138 valence electrons. The summed E-state index contributed by atoms with van der Waals surface area (Å²) in [4.78, 5) is 49.7. The standard InChI is InChI=1S/C17H11Cl2N3O5/c1-9(23)20(14-7-10(18)5-6-12(14)19)8-21-16(24)11-3-2-4-13(22(26)27)15(11)17(21)25/h2-7H,8H2,1H3. The number of imide groups is 1. The van der Waals surface area contributed by atoms with E-state index in [-0.39, 0.29) is 21.8 Å². The van der Waals surface area contributed by atoms with Gasteiger partial charge in [-0.05, 0) is 24.3 Å². The van der Waals surface area contributed by atoms with Crippen LogP contribution in [-0.2, 0) is 4.79 Å². The lowest BCUT2D eigenvalue weighted by Gasteiger charge is -2.26. The van der Waals surface area contributed by atoms with E-state index in [1.807, 2.05) is 0 Å². The lowest BCUT2D eigenvalue weighted by atomic mass is 10.1. The number of carbonyl (C=O) groups is 3. The summed E-state index contributed by atoms with van der Waals surface area (Å²) in [5.41, 5.74) is -0.644. The van der Waals surface area contributed by atoms with Crippen LogP contribution in [0.2, 0.25) is 10.0 Å². The van der Waals surface area contributed by atoms with Crippen molar-refractivity contribution in [3.05, 3.63) is 67.7 Å². The fourth-order valence-corrected chi connectivity index (χ4v) is 3.16. The minimum absolute atomic E-state index is 0.0881. The van der Waals surface area contributed by atoms with Crippen LogP contribution in [0.3, 0.4) is 0 Å². The molecule has 0 spiro atoms. The third-order valence-corrected chi connectivity index (χ3v) is 4.59. The van der Waals surface area contributed by atoms with E-state index < -0.39 is 35.0 Å². The molecule has 1 aliphatic rings. The van der Waals surface area contributed by atoms with Gasteiger partial charge < -0.3 is 0 Å². The van der Waals surface area contributed by atoms with E-state index in [2.05, 4.69) is 0 Å². The lowest BCUT2D eigenvalue weighted by molar-refractivity contribution is -0.385. The highest BCUT2D eigenvalue weighted by Crippen LogP contribution is 2.33. The van der Waals surface area contributed by atoms with E-state index in [1.165, 1.54) is 37.3 Å². The van der Waals surface area contributed by atoms with Crippen LogP contribution >= 0.6 is 23.2 Å². The Morgan fingerprint density at radius 1 is 1.19 bits per heavy atom. The minimum atomic E-state index is -0.855. The molecule has 0 radical (unpaired) electrons. The van der Waals surface area contributed by atoms with Gasteiger partial charge in [-0.2, -0.15) is 0 Å². The molecule has 2 aromatic rings. The fourth-order valence-electron chi connectivity index (χ4n) is 2.78. The van der Waals surface area contributed by atoms with Gasteiger partial charge in [0.25, 0.3) is 17.5 Å². The molecule has 0 fully saturated rings. The number of halogens is 2. The molecule has 1 heterocycles. The summed E-state index contributed by atoms with van der Waals surface area (Å²) in [5.74, 6) is -2.08. The van der Waals surface area contributed by atoms with Crippen LogP contribution in [0.25, 0.3) is 0 Å². The Morgan fingerprint density at radius 2 is 1.89 bits per heavy atom. The Hall–Kier alpha value is -2.97. The summed E-state index contributed by atoms with van der Waals surface area (Å²) < 4.78 is 0. The number of nitro groups is 1. The van der Waals surface area contributed by atoms with Crippen molar-refractivity contribution in [2.45, 2.75) is 6.92 Å². The minimum Gasteiger partial charge on any atom is -0.292 e. The van der Waals surface area contributed by atoms with Crippen LogP contribution in [0, 0.1) is 10.1 Å². The molecule has 0 N–H and O–H groups in total. The normalized spacial score (nSPS) is 12.9. The Labute approximate surface area is 163 Å². The largest absolute Gasteiger partial charge is 0.292 e. The molecule has 2 aromatic carbocycles. The van der Waals surface area contributed by atoms with Gasteiger partial charge in [0.2, 0.25) is 5.91 Å². The molecule has 0 saturated carbocycles. The van der Waals surface area contributed by atoms with Gasteiger partial charge in [-0.3, -0.25) is 34.3 Å². The maximum atomic E-state index is 12.7. The average Bonchev–Trinajstić information content (AvgIpc) is 2.86. The van der Waals surface area contributed by atoms with Gasteiger partial charge in [-0.15, -0.1) is 0 Å². The predicted molar refractivity (Wildman–Crippen MR) is 98.1 cm³/mol. The van der Waals surface area contributed by atoms with Crippen molar-refractivity contribution in [2.75, 3.05) is 11.6 Å². The second-order valence-electron chi connectivity index (χ2n) is 5.68. The van der Waals surface area contributed by atoms with Gasteiger partial charge in [-0.1, -0.05) is 29.3 Å². The zero-order chi connectivity index (χ0) is 19.9. The summed E-state index contributed by atoms with van der Waals surface area (Å²) in [6.07, 6.45) is 0. The smallest absolute Gasteiger partial charge is 0.282 e. The number of benzene rings is 2. The molecule has 0 atom stereocenters. The van der Waals surface area contributed by atoms with Crippen LogP contribution in [-0.4, -0.2) is 34.2 Å². The zero-order valence-electron chi connectivity index (χ0n) is 13.8. The molecule has 1 aliphatic heterocycles. The zero-order valence-corrected chi connectivity index (χ0v) is 15.3. The first-order valence-electron chi connectivity index (χ1n) is 7.59. The fraction of sp³-hybridized carbons (Fsp3) is 0.118. The summed E-state index contributed by atoms with van der Waals surface area (Å²) in [6.45, 7) is 0.775. The predicted octanol–water partition coefficient (Wildman–Crippen LogP) is 3.51. The second-order valence-corrected chi connectivity index (χ2v) is 6.52. The molecule has 8 nitrogen and oxygen atoms in total. The Morgan fingerprint density at radius 3 is 2.52 bits per heavy atom. The average molecular weight is 408 g/mol. The number of rotatable bonds is 4. The van der Waals surface area contributed by atoms with Crippen molar-refractivity contribution in [3.63, 3.8) is 0 Å².